The number of hydrogen-bond donors (Lipinski definition) is 0. The van der Waals surface area contributed by atoms with Gasteiger partial charge in [-0.15, -0.1) is 0 Å². The molecule has 0 radical (unpaired) electrons. The van der Waals surface area contributed by atoms with Crippen molar-refractivity contribution in [3.63, 3.8) is 0 Å². The summed E-state index contributed by atoms with van der Waals surface area (Å²) < 4.78 is 48.5. The maximum Gasteiger partial charge on any atom is 0.164 e. The number of hydrogen-bond acceptors (Lipinski definition) is 5. The summed E-state index contributed by atoms with van der Waals surface area (Å²) in [4.78, 5) is 15.7. The second-order valence-corrected chi connectivity index (χ2v) is 14.4. The van der Waals surface area contributed by atoms with Gasteiger partial charge in [0, 0.05) is 43.8 Å². The minimum atomic E-state index is 0.193. The van der Waals surface area contributed by atoms with Crippen molar-refractivity contribution in [2.24, 2.45) is 0 Å². The van der Waals surface area contributed by atoms with Crippen LogP contribution in [0, 0.1) is 0 Å². The van der Waals surface area contributed by atoms with E-state index >= 15 is 0 Å². The minimum Gasteiger partial charge on any atom is -0.456 e. The number of furan rings is 2. The molecule has 0 atom stereocenters. The molecule has 3 aromatic heterocycles. The quantitative estimate of drug-likeness (QED) is 0.175. The average Bonchev–Trinajstić information content (AvgIpc) is 3.86. The van der Waals surface area contributed by atoms with Crippen LogP contribution in [-0.2, 0) is 0 Å². The fraction of sp³-hybridized carbons (Fsp3) is 0. The van der Waals surface area contributed by atoms with Gasteiger partial charge in [-0.1, -0.05) is 145 Å². The van der Waals surface area contributed by atoms with Gasteiger partial charge in [0.05, 0.1) is 5.48 Å². The van der Waals surface area contributed by atoms with Gasteiger partial charge in [0.1, 0.15) is 22.3 Å². The Kier molecular flexibility index (Phi) is 6.31. The maximum atomic E-state index is 9.50. The van der Waals surface area contributed by atoms with Gasteiger partial charge in [0.15, 0.2) is 17.5 Å². The Morgan fingerprint density at radius 2 is 0.931 bits per heavy atom. The lowest BCUT2D eigenvalue weighted by Crippen LogP contribution is -2.02. The first-order valence-corrected chi connectivity index (χ1v) is 19.1. The highest BCUT2D eigenvalue weighted by atomic mass is 16.3. The van der Waals surface area contributed by atoms with Gasteiger partial charge in [0.2, 0.25) is 0 Å². The zero-order valence-corrected chi connectivity index (χ0v) is 30.7. The van der Waals surface area contributed by atoms with Crippen LogP contribution < -0.4 is 0 Å². The highest BCUT2D eigenvalue weighted by molar-refractivity contribution is 6.17. The SMILES string of the molecule is [2H]c1ccc2oc3ccc([2H])c(-c4nc(-c5ccc6cc(-c7ccccc7)ccc6c5)nc(-c5ccc6ccccc6c5-c5c([2H])ccc6oc7ccc([2H])cc7c56)n4)c3c2c1. The molecule has 0 N–H and O–H groups in total. The zero-order valence-electron chi connectivity index (χ0n) is 34.7. The molecular weight excluding hydrogens is 711 g/mol. The standard InChI is InChI=1S/C53H31N3O2/c1-2-12-32(13-3-1)34-24-25-36-31-37(27-26-35(36)30-34)51-54-52(42-19-11-23-47-50(42)40-17-7-9-21-45(40)58-47)56-53(55-51)43-29-28-33-14-4-5-15-38(33)48(43)41-18-10-22-46-49(41)39-16-6-8-20-44(39)57-46/h1-31H/i6D,7D,18D,19D. The molecule has 5 nitrogen and oxygen atoms in total. The second-order valence-electron chi connectivity index (χ2n) is 14.4. The molecule has 0 aliphatic heterocycles. The van der Waals surface area contributed by atoms with E-state index in [2.05, 4.69) is 42.5 Å². The van der Waals surface area contributed by atoms with Crippen LogP contribution >= 0.6 is 0 Å². The van der Waals surface area contributed by atoms with Crippen molar-refractivity contribution >= 4 is 65.4 Å². The Labute approximate surface area is 338 Å². The van der Waals surface area contributed by atoms with Crippen LogP contribution in [0.4, 0.5) is 0 Å². The topological polar surface area (TPSA) is 65.0 Å². The van der Waals surface area contributed by atoms with E-state index in [0.717, 1.165) is 54.6 Å². The van der Waals surface area contributed by atoms with Crippen molar-refractivity contribution in [1.82, 2.24) is 15.0 Å². The average molecular weight is 746 g/mol. The number of benzene rings is 9. The van der Waals surface area contributed by atoms with Crippen molar-refractivity contribution in [3.8, 4) is 56.4 Å². The number of fused-ring (bicyclic) bond motifs is 8. The second kappa shape index (κ2) is 12.8. The van der Waals surface area contributed by atoms with Crippen molar-refractivity contribution < 1.29 is 14.3 Å². The normalized spacial score (nSPS) is 12.8. The van der Waals surface area contributed by atoms with Crippen LogP contribution in [0.5, 0.6) is 0 Å². The highest BCUT2D eigenvalue weighted by Gasteiger charge is 2.23. The van der Waals surface area contributed by atoms with Gasteiger partial charge in [0.25, 0.3) is 0 Å². The van der Waals surface area contributed by atoms with Gasteiger partial charge in [-0.05, 0) is 80.7 Å². The Bertz CT molecular complexity index is 3820. The first kappa shape index (κ1) is 28.5. The summed E-state index contributed by atoms with van der Waals surface area (Å²) in [5, 5.41) is 6.73. The fourth-order valence-electron chi connectivity index (χ4n) is 8.33. The predicted molar refractivity (Wildman–Crippen MR) is 237 cm³/mol. The molecule has 58 heavy (non-hydrogen) atoms. The molecule has 9 aromatic carbocycles. The lowest BCUT2D eigenvalue weighted by molar-refractivity contribution is 0.668. The molecular formula is C53H31N3O2. The number of rotatable bonds is 5. The highest BCUT2D eigenvalue weighted by Crippen LogP contribution is 2.44. The zero-order chi connectivity index (χ0) is 41.6. The Balaban J connectivity index is 1.16. The van der Waals surface area contributed by atoms with E-state index in [1.54, 1.807) is 54.6 Å². The van der Waals surface area contributed by atoms with Crippen LogP contribution in [0.3, 0.4) is 0 Å². The van der Waals surface area contributed by atoms with E-state index in [0.29, 0.717) is 73.5 Å². The number of aromatic nitrogens is 3. The van der Waals surface area contributed by atoms with E-state index in [1.807, 2.05) is 66.7 Å². The van der Waals surface area contributed by atoms with Crippen LogP contribution in [0.2, 0.25) is 0 Å². The summed E-state index contributed by atoms with van der Waals surface area (Å²) >= 11 is 0. The first-order valence-electron chi connectivity index (χ1n) is 21.1. The lowest BCUT2D eigenvalue weighted by atomic mass is 9.90. The predicted octanol–water partition coefficient (Wildman–Crippen LogP) is 14.3. The molecule has 0 saturated heterocycles. The molecule has 0 fully saturated rings. The largest absolute Gasteiger partial charge is 0.456 e. The third-order valence-electron chi connectivity index (χ3n) is 11.0. The van der Waals surface area contributed by atoms with Crippen molar-refractivity contribution in [1.29, 1.82) is 0 Å². The van der Waals surface area contributed by atoms with Gasteiger partial charge < -0.3 is 8.83 Å². The van der Waals surface area contributed by atoms with Gasteiger partial charge >= 0.3 is 0 Å². The fourth-order valence-corrected chi connectivity index (χ4v) is 8.33. The van der Waals surface area contributed by atoms with Crippen LogP contribution in [0.25, 0.3) is 122 Å². The molecule has 12 aromatic rings. The molecule has 0 saturated carbocycles. The van der Waals surface area contributed by atoms with E-state index < -0.39 is 0 Å². The minimum absolute atomic E-state index is 0.193. The first-order chi connectivity index (χ1) is 30.3. The van der Waals surface area contributed by atoms with E-state index in [9.17, 15) is 2.74 Å². The van der Waals surface area contributed by atoms with E-state index in [-0.39, 0.29) is 17.9 Å². The molecule has 0 aliphatic carbocycles. The third kappa shape index (κ3) is 5.14. The number of para-hydroxylation sites is 2. The number of nitrogens with zero attached hydrogens (tertiary/aromatic N) is 3. The van der Waals surface area contributed by atoms with Gasteiger partial charge in [-0.2, -0.15) is 0 Å². The third-order valence-corrected chi connectivity index (χ3v) is 11.0. The maximum absolute atomic E-state index is 9.50. The summed E-state index contributed by atoms with van der Waals surface area (Å²) in [5.41, 5.74) is 7.87. The molecule has 270 valence electrons. The Hall–Kier alpha value is -7.89. The van der Waals surface area contributed by atoms with Crippen LogP contribution in [0.15, 0.2) is 197 Å². The summed E-state index contributed by atoms with van der Waals surface area (Å²) in [6, 6.07) is 53.6. The molecule has 3 heterocycles. The molecule has 0 spiro atoms. The molecule has 0 unspecified atom stereocenters. The summed E-state index contributed by atoms with van der Waals surface area (Å²) in [6.07, 6.45) is 0. The van der Waals surface area contributed by atoms with Crippen molar-refractivity contribution in [2.45, 2.75) is 0 Å². The van der Waals surface area contributed by atoms with Crippen LogP contribution in [0.1, 0.15) is 5.48 Å². The summed E-state index contributed by atoms with van der Waals surface area (Å²) in [5.74, 6) is 1.02. The van der Waals surface area contributed by atoms with Crippen molar-refractivity contribution in [2.75, 3.05) is 0 Å². The smallest absolute Gasteiger partial charge is 0.164 e. The summed E-state index contributed by atoms with van der Waals surface area (Å²) in [7, 11) is 0. The van der Waals surface area contributed by atoms with E-state index in [4.69, 9.17) is 26.5 Å². The molecule has 0 bridgehead atoms. The van der Waals surface area contributed by atoms with Gasteiger partial charge in [-0.25, -0.2) is 15.0 Å². The lowest BCUT2D eigenvalue weighted by Gasteiger charge is -2.16. The Morgan fingerprint density at radius 1 is 0.362 bits per heavy atom. The van der Waals surface area contributed by atoms with Crippen molar-refractivity contribution in [3.05, 3.63) is 188 Å². The molecule has 5 heteroatoms. The molecule has 0 amide bonds. The van der Waals surface area contributed by atoms with Crippen LogP contribution in [-0.4, -0.2) is 15.0 Å². The van der Waals surface area contributed by atoms with E-state index in [1.165, 1.54) is 0 Å². The van der Waals surface area contributed by atoms with Gasteiger partial charge in [-0.3, -0.25) is 0 Å². The molecule has 12 rings (SSSR count). The molecule has 0 aliphatic rings. The monoisotopic (exact) mass is 745 g/mol. The Morgan fingerprint density at radius 3 is 1.67 bits per heavy atom. The summed E-state index contributed by atoms with van der Waals surface area (Å²) in [6.45, 7) is 0.